The molecule has 1 N–H and O–H groups in total. The molecule has 0 radical (unpaired) electrons. The van der Waals surface area contributed by atoms with Gasteiger partial charge in [-0.2, -0.15) is 0 Å². The van der Waals surface area contributed by atoms with Crippen LogP contribution in [0, 0.1) is 0 Å². The van der Waals surface area contributed by atoms with Crippen molar-refractivity contribution < 1.29 is 9.21 Å². The van der Waals surface area contributed by atoms with Crippen LogP contribution < -0.4 is 5.32 Å². The molecule has 1 aliphatic heterocycles. The first kappa shape index (κ1) is 20.8. The summed E-state index contributed by atoms with van der Waals surface area (Å²) < 4.78 is 5.20. The Morgan fingerprint density at radius 3 is 2.58 bits per heavy atom. The van der Waals surface area contributed by atoms with E-state index in [-0.39, 0.29) is 29.9 Å². The average molecular weight is 488 g/mol. The lowest BCUT2D eigenvalue weighted by molar-refractivity contribution is 0.0657. The second kappa shape index (κ2) is 9.96. The first-order valence-corrected chi connectivity index (χ1v) is 9.38. The number of nitrogens with zero attached hydrogens (tertiary/aromatic N) is 3. The Hall–Kier alpha value is -1.55. The molecule has 1 atom stereocenters. The van der Waals surface area contributed by atoms with E-state index >= 15 is 0 Å². The van der Waals surface area contributed by atoms with Gasteiger partial charge in [-0.3, -0.25) is 9.79 Å². The predicted molar refractivity (Wildman–Crippen MR) is 116 cm³/mol. The van der Waals surface area contributed by atoms with E-state index in [2.05, 4.69) is 39.6 Å². The monoisotopic (exact) mass is 488 g/mol. The molecule has 1 unspecified atom stereocenters. The fourth-order valence-corrected chi connectivity index (χ4v) is 3.71. The molecule has 0 aromatic carbocycles. The Morgan fingerprint density at radius 2 is 2.00 bits per heavy atom. The van der Waals surface area contributed by atoms with Crippen LogP contribution in [0.4, 0.5) is 0 Å². The molecular formula is C18H25IN4O2S. The number of aliphatic imine (C=N–C) groups is 1. The van der Waals surface area contributed by atoms with Gasteiger partial charge in [0.2, 0.25) is 0 Å². The topological polar surface area (TPSA) is 61.1 Å². The van der Waals surface area contributed by atoms with Crippen LogP contribution in [0.3, 0.4) is 0 Å². The highest BCUT2D eigenvalue weighted by molar-refractivity contribution is 14.0. The predicted octanol–water partition coefficient (Wildman–Crippen LogP) is 3.10. The molecule has 1 saturated heterocycles. The molecule has 8 heteroatoms. The zero-order chi connectivity index (χ0) is 17.6. The van der Waals surface area contributed by atoms with Crippen LogP contribution in [0.2, 0.25) is 0 Å². The Morgan fingerprint density at radius 1 is 1.27 bits per heavy atom. The molecule has 1 aliphatic rings. The summed E-state index contributed by atoms with van der Waals surface area (Å²) in [5.41, 5.74) is 0. The van der Waals surface area contributed by atoms with Crippen LogP contribution in [0.15, 0.2) is 45.3 Å². The standard InChI is InChI=1S/C18H24N4O2S.HI/c1-14(16-6-4-12-25-16)13-20-18(19-2)22-9-7-21(8-10-22)17(23)15-5-3-11-24-15;/h3-6,11-12,14H,7-10,13H2,1-2H3,(H,19,20);1H. The first-order valence-electron chi connectivity index (χ1n) is 8.51. The summed E-state index contributed by atoms with van der Waals surface area (Å²) in [6.07, 6.45) is 1.53. The summed E-state index contributed by atoms with van der Waals surface area (Å²) in [4.78, 5) is 22.1. The van der Waals surface area contributed by atoms with Crippen LogP contribution in [-0.2, 0) is 0 Å². The molecule has 3 heterocycles. The van der Waals surface area contributed by atoms with Gasteiger partial charge >= 0.3 is 0 Å². The third kappa shape index (κ3) is 5.00. The number of hydrogen-bond acceptors (Lipinski definition) is 4. The molecule has 0 bridgehead atoms. The lowest BCUT2D eigenvalue weighted by Crippen LogP contribution is -2.54. The maximum atomic E-state index is 12.3. The van der Waals surface area contributed by atoms with Gasteiger partial charge in [-0.15, -0.1) is 35.3 Å². The fraction of sp³-hybridized carbons (Fsp3) is 0.444. The molecule has 0 spiro atoms. The molecule has 2 aromatic heterocycles. The summed E-state index contributed by atoms with van der Waals surface area (Å²) in [7, 11) is 1.80. The molecule has 1 amide bonds. The normalized spacial score (nSPS) is 16.2. The molecule has 2 aromatic rings. The first-order chi connectivity index (χ1) is 12.2. The maximum Gasteiger partial charge on any atom is 0.289 e. The molecule has 26 heavy (non-hydrogen) atoms. The van der Waals surface area contributed by atoms with E-state index in [1.807, 2.05) is 4.90 Å². The number of halogens is 1. The van der Waals surface area contributed by atoms with Crippen molar-refractivity contribution in [3.8, 4) is 0 Å². The number of amides is 1. The Balaban J connectivity index is 0.00000243. The van der Waals surface area contributed by atoms with Gasteiger partial charge in [-0.1, -0.05) is 13.0 Å². The van der Waals surface area contributed by atoms with Gasteiger partial charge in [0.25, 0.3) is 5.91 Å². The van der Waals surface area contributed by atoms with Crippen molar-refractivity contribution in [2.45, 2.75) is 12.8 Å². The van der Waals surface area contributed by atoms with Crippen molar-refractivity contribution in [2.24, 2.45) is 4.99 Å². The summed E-state index contributed by atoms with van der Waals surface area (Å²) in [5.74, 6) is 1.70. The van der Waals surface area contributed by atoms with Gasteiger partial charge in [0, 0.05) is 50.6 Å². The number of piperazine rings is 1. The van der Waals surface area contributed by atoms with Crippen LogP contribution in [0.5, 0.6) is 0 Å². The van der Waals surface area contributed by atoms with E-state index in [0.717, 1.165) is 25.6 Å². The van der Waals surface area contributed by atoms with Gasteiger partial charge in [-0.25, -0.2) is 0 Å². The van der Waals surface area contributed by atoms with Crippen LogP contribution in [0.25, 0.3) is 0 Å². The van der Waals surface area contributed by atoms with Gasteiger partial charge < -0.3 is 19.5 Å². The number of guanidine groups is 1. The minimum Gasteiger partial charge on any atom is -0.459 e. The fourth-order valence-electron chi connectivity index (χ4n) is 2.93. The quantitative estimate of drug-likeness (QED) is 0.408. The summed E-state index contributed by atoms with van der Waals surface area (Å²) in [6.45, 7) is 5.92. The highest BCUT2D eigenvalue weighted by Crippen LogP contribution is 2.19. The summed E-state index contributed by atoms with van der Waals surface area (Å²) in [6, 6.07) is 7.70. The number of furan rings is 1. The zero-order valence-electron chi connectivity index (χ0n) is 15.1. The van der Waals surface area contributed by atoms with Crippen LogP contribution in [0.1, 0.15) is 28.3 Å². The molecule has 142 valence electrons. The van der Waals surface area contributed by atoms with Crippen molar-refractivity contribution in [3.05, 3.63) is 46.5 Å². The number of hydrogen-bond donors (Lipinski definition) is 1. The Bertz CT molecular complexity index is 695. The van der Waals surface area contributed by atoms with E-state index in [0.29, 0.717) is 24.8 Å². The smallest absolute Gasteiger partial charge is 0.289 e. The SMILES string of the molecule is CN=C(NCC(C)c1cccs1)N1CCN(C(=O)c2ccco2)CC1.I. The summed E-state index contributed by atoms with van der Waals surface area (Å²) >= 11 is 1.78. The van der Waals surface area contributed by atoms with Gasteiger partial charge in [0.05, 0.1) is 6.26 Å². The van der Waals surface area contributed by atoms with Crippen molar-refractivity contribution in [1.82, 2.24) is 15.1 Å². The van der Waals surface area contributed by atoms with Crippen molar-refractivity contribution in [1.29, 1.82) is 0 Å². The maximum absolute atomic E-state index is 12.3. The van der Waals surface area contributed by atoms with Crippen LogP contribution >= 0.6 is 35.3 Å². The molecule has 0 saturated carbocycles. The number of thiophene rings is 1. The molecule has 6 nitrogen and oxygen atoms in total. The number of nitrogens with one attached hydrogen (secondary N) is 1. The highest BCUT2D eigenvalue weighted by Gasteiger charge is 2.25. The van der Waals surface area contributed by atoms with Gasteiger partial charge in [0.1, 0.15) is 0 Å². The lowest BCUT2D eigenvalue weighted by atomic mass is 10.1. The van der Waals surface area contributed by atoms with E-state index in [9.17, 15) is 4.79 Å². The average Bonchev–Trinajstić information content (AvgIpc) is 3.35. The van der Waals surface area contributed by atoms with Gasteiger partial charge in [0.15, 0.2) is 11.7 Å². The second-order valence-corrected chi connectivity index (χ2v) is 7.08. The van der Waals surface area contributed by atoms with E-state index in [4.69, 9.17) is 4.42 Å². The van der Waals surface area contributed by atoms with Crippen molar-refractivity contribution >= 4 is 47.2 Å². The third-order valence-corrected chi connectivity index (χ3v) is 5.51. The number of carbonyl (C=O) groups is 1. The number of rotatable bonds is 4. The second-order valence-electron chi connectivity index (χ2n) is 6.10. The van der Waals surface area contributed by atoms with E-state index in [1.165, 1.54) is 11.1 Å². The van der Waals surface area contributed by atoms with Crippen molar-refractivity contribution in [2.75, 3.05) is 39.8 Å². The molecule has 1 fully saturated rings. The van der Waals surface area contributed by atoms with Crippen LogP contribution in [-0.4, -0.2) is 61.4 Å². The van der Waals surface area contributed by atoms with E-state index < -0.39 is 0 Å². The highest BCUT2D eigenvalue weighted by atomic mass is 127. The largest absolute Gasteiger partial charge is 0.459 e. The van der Waals surface area contributed by atoms with Gasteiger partial charge in [-0.05, 0) is 23.6 Å². The van der Waals surface area contributed by atoms with E-state index in [1.54, 1.807) is 30.5 Å². The zero-order valence-corrected chi connectivity index (χ0v) is 18.2. The molecular weight excluding hydrogens is 463 g/mol. The third-order valence-electron chi connectivity index (χ3n) is 4.41. The summed E-state index contributed by atoms with van der Waals surface area (Å²) in [5, 5.41) is 5.57. The van der Waals surface area contributed by atoms with Crippen molar-refractivity contribution in [3.63, 3.8) is 0 Å². The molecule has 3 rings (SSSR count). The Kier molecular flexibility index (Phi) is 7.95. The minimum absolute atomic E-state index is 0. The molecule has 0 aliphatic carbocycles. The number of carbonyl (C=O) groups excluding carboxylic acids is 1. The lowest BCUT2D eigenvalue weighted by Gasteiger charge is -2.36. The minimum atomic E-state index is -0.0427. The Labute approximate surface area is 175 Å².